The highest BCUT2D eigenvalue weighted by atomic mass is 19.3. The maximum absolute atomic E-state index is 11.7. The third-order valence-electron chi connectivity index (χ3n) is 2.28. The predicted molar refractivity (Wildman–Crippen MR) is 53.5 cm³/mol. The molecule has 0 aromatic carbocycles. The van der Waals surface area contributed by atoms with Crippen LogP contribution in [0.25, 0.3) is 0 Å². The summed E-state index contributed by atoms with van der Waals surface area (Å²) in [7, 11) is 0. The van der Waals surface area contributed by atoms with Gasteiger partial charge in [-0.2, -0.15) is 0 Å². The summed E-state index contributed by atoms with van der Waals surface area (Å²) in [4.78, 5) is 0. The van der Waals surface area contributed by atoms with Crippen LogP contribution in [0, 0.1) is 5.92 Å². The topological polar surface area (TPSA) is 35.2 Å². The van der Waals surface area contributed by atoms with Crippen molar-refractivity contribution < 1.29 is 13.5 Å². The highest BCUT2D eigenvalue weighted by Crippen LogP contribution is 2.10. The second-order valence-electron chi connectivity index (χ2n) is 3.76. The normalized spacial score (nSPS) is 15.9. The molecule has 2 unspecified atom stereocenters. The van der Waals surface area contributed by atoms with E-state index in [0.29, 0.717) is 18.9 Å². The van der Waals surface area contributed by atoms with E-state index in [0.717, 1.165) is 12.8 Å². The summed E-state index contributed by atoms with van der Waals surface area (Å²) in [5, 5.41) is 0. The second-order valence-corrected chi connectivity index (χ2v) is 3.76. The first kappa shape index (κ1) is 13.8. The average Bonchev–Trinajstić information content (AvgIpc) is 2.12. The molecule has 0 aliphatic rings. The van der Waals surface area contributed by atoms with Gasteiger partial charge in [-0.25, -0.2) is 8.78 Å². The van der Waals surface area contributed by atoms with Gasteiger partial charge in [0.15, 0.2) is 0 Å². The minimum atomic E-state index is -2.37. The van der Waals surface area contributed by atoms with Crippen molar-refractivity contribution >= 4 is 0 Å². The van der Waals surface area contributed by atoms with E-state index < -0.39 is 13.0 Å². The maximum Gasteiger partial charge on any atom is 0.261 e. The Bertz CT molecular complexity index is 133. The molecular formula is C10H21F2NO. The van der Waals surface area contributed by atoms with Crippen LogP contribution in [0.5, 0.6) is 0 Å². The molecule has 0 aromatic rings. The Hall–Kier alpha value is -0.220. The monoisotopic (exact) mass is 209 g/mol. The van der Waals surface area contributed by atoms with Gasteiger partial charge < -0.3 is 10.5 Å². The Morgan fingerprint density at radius 2 is 2.00 bits per heavy atom. The lowest BCUT2D eigenvalue weighted by molar-refractivity contribution is 0.0148. The number of hydrogen-bond acceptors (Lipinski definition) is 2. The van der Waals surface area contributed by atoms with Crippen LogP contribution in [0.1, 0.15) is 33.1 Å². The lowest BCUT2D eigenvalue weighted by Gasteiger charge is -2.15. The highest BCUT2D eigenvalue weighted by molar-refractivity contribution is 4.64. The average molecular weight is 209 g/mol. The van der Waals surface area contributed by atoms with Crippen LogP contribution in [0.3, 0.4) is 0 Å². The summed E-state index contributed by atoms with van der Waals surface area (Å²) < 4.78 is 28.1. The van der Waals surface area contributed by atoms with E-state index in [9.17, 15) is 8.78 Å². The van der Waals surface area contributed by atoms with Crippen molar-refractivity contribution in [1.29, 1.82) is 0 Å². The first-order chi connectivity index (χ1) is 6.56. The van der Waals surface area contributed by atoms with E-state index in [2.05, 4.69) is 13.8 Å². The molecule has 0 saturated carbocycles. The van der Waals surface area contributed by atoms with E-state index in [1.54, 1.807) is 0 Å². The molecule has 0 saturated heterocycles. The third-order valence-corrected chi connectivity index (χ3v) is 2.28. The summed E-state index contributed by atoms with van der Waals surface area (Å²) in [5.41, 5.74) is 5.80. The molecule has 0 radical (unpaired) electrons. The quantitative estimate of drug-likeness (QED) is 0.623. The van der Waals surface area contributed by atoms with Crippen molar-refractivity contribution in [3.63, 3.8) is 0 Å². The van der Waals surface area contributed by atoms with Gasteiger partial charge in [0, 0.05) is 12.6 Å². The summed E-state index contributed by atoms with van der Waals surface area (Å²) >= 11 is 0. The molecule has 2 nitrogen and oxygen atoms in total. The van der Waals surface area contributed by atoms with Crippen molar-refractivity contribution in [2.24, 2.45) is 11.7 Å². The van der Waals surface area contributed by atoms with E-state index in [4.69, 9.17) is 10.5 Å². The van der Waals surface area contributed by atoms with Crippen LogP contribution >= 0.6 is 0 Å². The molecular weight excluding hydrogens is 188 g/mol. The zero-order chi connectivity index (χ0) is 11.0. The molecule has 0 aliphatic carbocycles. The smallest absolute Gasteiger partial charge is 0.261 e. The van der Waals surface area contributed by atoms with Crippen LogP contribution in [-0.4, -0.2) is 25.7 Å². The fraction of sp³-hybridized carbons (Fsp3) is 1.00. The molecule has 0 aliphatic heterocycles. The van der Waals surface area contributed by atoms with E-state index in [1.165, 1.54) is 0 Å². The number of ether oxygens (including phenoxy) is 1. The first-order valence-electron chi connectivity index (χ1n) is 5.17. The van der Waals surface area contributed by atoms with Crippen LogP contribution in [0.2, 0.25) is 0 Å². The Morgan fingerprint density at radius 3 is 2.50 bits per heavy atom. The summed E-state index contributed by atoms with van der Waals surface area (Å²) in [5.74, 6) is 0.597. The molecule has 86 valence electrons. The molecule has 0 spiro atoms. The van der Waals surface area contributed by atoms with Crippen molar-refractivity contribution in [2.45, 2.75) is 45.6 Å². The van der Waals surface area contributed by atoms with Crippen molar-refractivity contribution in [3.05, 3.63) is 0 Å². The van der Waals surface area contributed by atoms with E-state index in [-0.39, 0.29) is 6.04 Å². The highest BCUT2D eigenvalue weighted by Gasteiger charge is 2.08. The van der Waals surface area contributed by atoms with Crippen LogP contribution in [0.15, 0.2) is 0 Å². The molecule has 2 atom stereocenters. The molecule has 0 fully saturated rings. The van der Waals surface area contributed by atoms with Crippen LogP contribution in [0.4, 0.5) is 8.78 Å². The standard InChI is InChI=1S/C10H21F2NO/c1-3-8(2)6-9(13)4-5-14-7-10(11)12/h8-10H,3-7,13H2,1-2H3. The fourth-order valence-electron chi connectivity index (χ4n) is 1.21. The minimum Gasteiger partial charge on any atom is -0.375 e. The predicted octanol–water partition coefficient (Wildman–Crippen LogP) is 2.42. The van der Waals surface area contributed by atoms with E-state index in [1.807, 2.05) is 0 Å². The minimum absolute atomic E-state index is 0.0719. The maximum atomic E-state index is 11.7. The van der Waals surface area contributed by atoms with Gasteiger partial charge in [-0.1, -0.05) is 20.3 Å². The first-order valence-corrected chi connectivity index (χ1v) is 5.17. The number of rotatable bonds is 8. The van der Waals surface area contributed by atoms with Crippen LogP contribution < -0.4 is 5.73 Å². The molecule has 2 N–H and O–H groups in total. The zero-order valence-corrected chi connectivity index (χ0v) is 9.01. The van der Waals surface area contributed by atoms with Gasteiger partial charge in [-0.3, -0.25) is 0 Å². The van der Waals surface area contributed by atoms with Crippen molar-refractivity contribution in [1.82, 2.24) is 0 Å². The summed E-state index contributed by atoms with van der Waals surface area (Å²) in [6.07, 6.45) is 0.331. The Labute approximate surface area is 84.8 Å². The van der Waals surface area contributed by atoms with Gasteiger partial charge in [0.2, 0.25) is 0 Å². The Kier molecular flexibility index (Phi) is 7.99. The number of nitrogens with two attached hydrogens (primary N) is 1. The molecule has 14 heavy (non-hydrogen) atoms. The molecule has 4 heteroatoms. The van der Waals surface area contributed by atoms with Crippen molar-refractivity contribution in [3.8, 4) is 0 Å². The molecule has 0 heterocycles. The molecule has 0 rings (SSSR count). The van der Waals surface area contributed by atoms with Crippen molar-refractivity contribution in [2.75, 3.05) is 13.2 Å². The van der Waals surface area contributed by atoms with Gasteiger partial charge in [-0.05, 0) is 18.8 Å². The van der Waals surface area contributed by atoms with Gasteiger partial charge >= 0.3 is 0 Å². The van der Waals surface area contributed by atoms with E-state index >= 15 is 0 Å². The number of alkyl halides is 2. The SMILES string of the molecule is CCC(C)CC(N)CCOCC(F)F. The van der Waals surface area contributed by atoms with Gasteiger partial charge in [-0.15, -0.1) is 0 Å². The lowest BCUT2D eigenvalue weighted by atomic mass is 9.98. The van der Waals surface area contributed by atoms with Crippen LogP contribution in [-0.2, 0) is 4.74 Å². The summed E-state index contributed by atoms with van der Waals surface area (Å²) in [6.45, 7) is 4.11. The Balaban J connectivity index is 3.30. The van der Waals surface area contributed by atoms with Gasteiger partial charge in [0.25, 0.3) is 6.43 Å². The zero-order valence-electron chi connectivity index (χ0n) is 9.01. The molecule has 0 bridgehead atoms. The molecule has 0 amide bonds. The Morgan fingerprint density at radius 1 is 1.36 bits per heavy atom. The lowest BCUT2D eigenvalue weighted by Crippen LogP contribution is -2.24. The summed E-state index contributed by atoms with van der Waals surface area (Å²) in [6, 6.07) is 0.0719. The van der Waals surface area contributed by atoms with Gasteiger partial charge in [0.05, 0.1) is 0 Å². The molecule has 0 aromatic heterocycles. The number of hydrogen-bond donors (Lipinski definition) is 1. The fourth-order valence-corrected chi connectivity index (χ4v) is 1.21. The second kappa shape index (κ2) is 8.12. The van der Waals surface area contributed by atoms with Gasteiger partial charge in [0.1, 0.15) is 6.61 Å². The largest absolute Gasteiger partial charge is 0.375 e. The number of halogens is 2. The third kappa shape index (κ3) is 8.38.